The molecule has 1 N–H and O–H groups in total. The van der Waals surface area contributed by atoms with Crippen LogP contribution in [0.5, 0.6) is 0 Å². The molecule has 0 saturated carbocycles. The van der Waals surface area contributed by atoms with Gasteiger partial charge in [0.2, 0.25) is 0 Å². The summed E-state index contributed by atoms with van der Waals surface area (Å²) in [7, 11) is 0. The average Bonchev–Trinajstić information content (AvgIpc) is 2.33. The Hall–Kier alpha value is -0.490. The molecule has 1 rings (SSSR count). The van der Waals surface area contributed by atoms with E-state index in [1.54, 1.807) is 6.20 Å². The predicted octanol–water partition coefficient (Wildman–Crippen LogP) is 2.58. The number of nitrogens with zero attached hydrogens (tertiary/aromatic N) is 2. The maximum atomic E-state index is 11.8. The fourth-order valence-corrected chi connectivity index (χ4v) is 2.43. The van der Waals surface area contributed by atoms with Crippen LogP contribution in [0.15, 0.2) is 15.5 Å². The quantitative estimate of drug-likeness (QED) is 0.875. The zero-order valence-electron chi connectivity index (χ0n) is 10.4. The molecule has 1 aromatic heterocycles. The van der Waals surface area contributed by atoms with E-state index in [2.05, 4.69) is 39.5 Å². The Morgan fingerprint density at radius 1 is 1.65 bits per heavy atom. The number of thioether (sulfide) groups is 1. The van der Waals surface area contributed by atoms with Crippen molar-refractivity contribution in [1.82, 2.24) is 9.78 Å². The Bertz CT molecular complexity index is 422. The molecule has 6 heteroatoms. The van der Waals surface area contributed by atoms with Crippen LogP contribution < -0.4 is 10.9 Å². The molecule has 0 aliphatic rings. The molecule has 96 valence electrons. The maximum Gasteiger partial charge on any atom is 0.283 e. The van der Waals surface area contributed by atoms with Gasteiger partial charge in [-0.3, -0.25) is 4.79 Å². The molecule has 0 fully saturated rings. The maximum absolute atomic E-state index is 11.8. The van der Waals surface area contributed by atoms with Gasteiger partial charge in [0.15, 0.2) is 0 Å². The van der Waals surface area contributed by atoms with Crippen molar-refractivity contribution in [3.63, 3.8) is 0 Å². The van der Waals surface area contributed by atoms with Crippen LogP contribution >= 0.6 is 27.7 Å². The monoisotopic (exact) mass is 319 g/mol. The second-order valence-electron chi connectivity index (χ2n) is 3.82. The highest BCUT2D eigenvalue weighted by molar-refractivity contribution is 9.10. The summed E-state index contributed by atoms with van der Waals surface area (Å²) in [5, 5.41) is 7.40. The number of aromatic nitrogens is 2. The van der Waals surface area contributed by atoms with Crippen LogP contribution in [0.2, 0.25) is 0 Å². The van der Waals surface area contributed by atoms with Crippen LogP contribution in [0.1, 0.15) is 20.3 Å². The third kappa shape index (κ3) is 4.03. The molecule has 0 amide bonds. The van der Waals surface area contributed by atoms with E-state index in [9.17, 15) is 4.79 Å². The van der Waals surface area contributed by atoms with E-state index in [1.807, 2.05) is 18.7 Å². The third-order valence-corrected chi connectivity index (χ3v) is 3.85. The molecular weight excluding hydrogens is 302 g/mol. The van der Waals surface area contributed by atoms with E-state index < -0.39 is 0 Å². The van der Waals surface area contributed by atoms with Gasteiger partial charge < -0.3 is 5.32 Å². The molecule has 0 saturated heterocycles. The Morgan fingerprint density at radius 2 is 2.35 bits per heavy atom. The summed E-state index contributed by atoms with van der Waals surface area (Å²) in [5.74, 6) is 1.10. The lowest BCUT2D eigenvalue weighted by Crippen LogP contribution is -2.25. The van der Waals surface area contributed by atoms with Gasteiger partial charge in [0.25, 0.3) is 5.56 Å². The predicted molar refractivity (Wildman–Crippen MR) is 78.0 cm³/mol. The van der Waals surface area contributed by atoms with Crippen LogP contribution in [0.25, 0.3) is 0 Å². The molecule has 1 unspecified atom stereocenters. The number of halogens is 1. The minimum atomic E-state index is -0.0884. The highest BCUT2D eigenvalue weighted by atomic mass is 79.9. The van der Waals surface area contributed by atoms with Crippen molar-refractivity contribution in [3.8, 4) is 0 Å². The number of nitrogens with one attached hydrogen (secondary N) is 1. The molecule has 0 aromatic carbocycles. The van der Waals surface area contributed by atoms with Gasteiger partial charge in [-0.1, -0.05) is 0 Å². The summed E-state index contributed by atoms with van der Waals surface area (Å²) in [4.78, 5) is 11.8. The molecular formula is C11H18BrN3OS. The molecule has 0 bridgehead atoms. The first-order valence-electron chi connectivity index (χ1n) is 5.61. The minimum Gasteiger partial charge on any atom is -0.380 e. The normalized spacial score (nSPS) is 12.5. The first-order valence-corrected chi connectivity index (χ1v) is 7.79. The summed E-state index contributed by atoms with van der Waals surface area (Å²) in [6.45, 7) is 4.59. The summed E-state index contributed by atoms with van der Waals surface area (Å²) in [6, 6.07) is 0.331. The number of aryl methyl sites for hydroxylation is 1. The second kappa shape index (κ2) is 7.06. The van der Waals surface area contributed by atoms with Crippen molar-refractivity contribution in [2.24, 2.45) is 0 Å². The molecule has 0 spiro atoms. The van der Waals surface area contributed by atoms with Crippen LogP contribution in [-0.2, 0) is 6.54 Å². The third-order valence-electron chi connectivity index (χ3n) is 2.44. The Kier molecular flexibility index (Phi) is 6.05. The van der Waals surface area contributed by atoms with Crippen LogP contribution in [0.4, 0.5) is 5.69 Å². The Labute approximate surface area is 114 Å². The van der Waals surface area contributed by atoms with Gasteiger partial charge in [-0.15, -0.1) is 0 Å². The fraction of sp³-hybridized carbons (Fsp3) is 0.636. The zero-order chi connectivity index (χ0) is 12.8. The highest BCUT2D eigenvalue weighted by Gasteiger charge is 2.10. The van der Waals surface area contributed by atoms with Gasteiger partial charge in [-0.2, -0.15) is 16.9 Å². The molecule has 4 nitrogen and oxygen atoms in total. The van der Waals surface area contributed by atoms with E-state index in [0.717, 1.165) is 17.9 Å². The molecule has 1 heterocycles. The van der Waals surface area contributed by atoms with Gasteiger partial charge in [0.05, 0.1) is 11.9 Å². The molecule has 0 aliphatic heterocycles. The number of hydrogen-bond donors (Lipinski definition) is 1. The van der Waals surface area contributed by atoms with Gasteiger partial charge >= 0.3 is 0 Å². The van der Waals surface area contributed by atoms with E-state index in [4.69, 9.17) is 0 Å². The number of rotatable bonds is 6. The smallest absolute Gasteiger partial charge is 0.283 e. The van der Waals surface area contributed by atoms with E-state index in [-0.39, 0.29) is 5.56 Å². The van der Waals surface area contributed by atoms with Crippen molar-refractivity contribution in [1.29, 1.82) is 0 Å². The summed E-state index contributed by atoms with van der Waals surface area (Å²) in [6.07, 6.45) is 4.85. The topological polar surface area (TPSA) is 46.9 Å². The van der Waals surface area contributed by atoms with Gasteiger partial charge in [0.1, 0.15) is 4.47 Å². The average molecular weight is 320 g/mol. The van der Waals surface area contributed by atoms with Crippen molar-refractivity contribution < 1.29 is 0 Å². The second-order valence-corrected chi connectivity index (χ2v) is 5.60. The van der Waals surface area contributed by atoms with Crippen LogP contribution in [0, 0.1) is 0 Å². The van der Waals surface area contributed by atoms with E-state index >= 15 is 0 Å². The minimum absolute atomic E-state index is 0.0884. The molecule has 17 heavy (non-hydrogen) atoms. The van der Waals surface area contributed by atoms with Crippen molar-refractivity contribution in [2.45, 2.75) is 32.9 Å². The van der Waals surface area contributed by atoms with Crippen LogP contribution in [-0.4, -0.2) is 27.8 Å². The Morgan fingerprint density at radius 3 is 2.94 bits per heavy atom. The molecule has 1 atom stereocenters. The summed E-state index contributed by atoms with van der Waals surface area (Å²) < 4.78 is 1.99. The Balaban J connectivity index is 2.79. The van der Waals surface area contributed by atoms with Gasteiger partial charge in [-0.25, -0.2) is 4.68 Å². The summed E-state index contributed by atoms with van der Waals surface area (Å²) >= 11 is 5.15. The van der Waals surface area contributed by atoms with Gasteiger partial charge in [0, 0.05) is 12.6 Å². The highest BCUT2D eigenvalue weighted by Crippen LogP contribution is 2.18. The van der Waals surface area contributed by atoms with Crippen LogP contribution in [0.3, 0.4) is 0 Å². The van der Waals surface area contributed by atoms with Crippen molar-refractivity contribution in [3.05, 3.63) is 21.0 Å². The number of hydrogen-bond acceptors (Lipinski definition) is 4. The molecule has 1 aromatic rings. The van der Waals surface area contributed by atoms with Crippen molar-refractivity contribution in [2.75, 3.05) is 17.3 Å². The van der Waals surface area contributed by atoms with Crippen molar-refractivity contribution >= 4 is 33.4 Å². The first kappa shape index (κ1) is 14.6. The van der Waals surface area contributed by atoms with E-state index in [1.165, 1.54) is 4.68 Å². The fourth-order valence-electron chi connectivity index (χ4n) is 1.42. The van der Waals surface area contributed by atoms with Gasteiger partial charge in [-0.05, 0) is 48.2 Å². The first-order chi connectivity index (χ1) is 8.10. The lowest BCUT2D eigenvalue weighted by molar-refractivity contribution is 0.611. The summed E-state index contributed by atoms with van der Waals surface area (Å²) in [5.41, 5.74) is 0.683. The SMILES string of the molecule is CCn1ncc(NC(C)CCSC)c(Br)c1=O. The molecule has 0 aliphatic carbocycles. The molecule has 0 radical (unpaired) electrons. The lowest BCUT2D eigenvalue weighted by atomic mass is 10.2. The lowest BCUT2D eigenvalue weighted by Gasteiger charge is -2.15. The zero-order valence-corrected chi connectivity index (χ0v) is 12.8. The largest absolute Gasteiger partial charge is 0.380 e. The number of anilines is 1. The standard InChI is InChI=1S/C11H18BrN3OS/c1-4-15-11(16)10(12)9(7-13-15)14-8(2)5-6-17-3/h7-8,14H,4-6H2,1-3H3. The van der Waals surface area contributed by atoms with E-state index in [0.29, 0.717) is 17.1 Å².